The fourth-order valence-electron chi connectivity index (χ4n) is 1.81. The third-order valence-corrected chi connectivity index (χ3v) is 3.22. The maximum Gasteiger partial charge on any atom is 2.00 e. The standard InChI is InChI=1S/C11H17FO10.2CH5N.Pt/c12-11(9(17)18,10(19)20)1-2-21-8-7(16)6(15)5(14)4(3-13)22-8;2*1-2;/h4-8,13-16H,1-3H2,(H,17,18)(H,19,20);2*2H2,1H3;/q;;;+2/p-2/t4-,5-,6+,7-,8?;;;/m1.../s1. The van der Waals surface area contributed by atoms with Gasteiger partial charge < -0.3 is 61.2 Å². The molecule has 1 unspecified atom stereocenters. The van der Waals surface area contributed by atoms with Crippen LogP contribution >= 0.6 is 0 Å². The second-order valence-electron chi connectivity index (χ2n) is 4.69. The van der Waals surface area contributed by atoms with Crippen molar-refractivity contribution in [2.24, 2.45) is 11.5 Å². The minimum Gasteiger partial charge on any atom is -0.546 e. The van der Waals surface area contributed by atoms with Gasteiger partial charge in [-0.05, 0) is 14.1 Å². The molecule has 27 heavy (non-hydrogen) atoms. The number of rotatable bonds is 7. The van der Waals surface area contributed by atoms with Crippen LogP contribution in [0.2, 0.25) is 0 Å². The van der Waals surface area contributed by atoms with Gasteiger partial charge >= 0.3 is 21.1 Å². The maximum absolute atomic E-state index is 13.5. The molecular formula is C13H25FN2O10Pt. The molecule has 12 nitrogen and oxygen atoms in total. The van der Waals surface area contributed by atoms with Gasteiger partial charge in [-0.25, -0.2) is 4.39 Å². The van der Waals surface area contributed by atoms with E-state index in [0.29, 0.717) is 0 Å². The number of alkyl halides is 1. The Morgan fingerprint density at radius 1 is 1.07 bits per heavy atom. The topological polar surface area (TPSA) is 232 Å². The predicted octanol–water partition coefficient (Wildman–Crippen LogP) is -6.45. The average Bonchev–Trinajstić information content (AvgIpc) is 2.64. The van der Waals surface area contributed by atoms with Crippen molar-refractivity contribution in [1.82, 2.24) is 0 Å². The Balaban J connectivity index is -0.00000108. The normalized spacial score (nSPS) is 27.1. The van der Waals surface area contributed by atoms with Crippen molar-refractivity contribution in [3.05, 3.63) is 0 Å². The minimum absolute atomic E-state index is 0. The molecule has 0 aliphatic carbocycles. The fourth-order valence-corrected chi connectivity index (χ4v) is 1.81. The summed E-state index contributed by atoms with van der Waals surface area (Å²) in [5, 5.41) is 58.3. The molecular weight excluding hydrogens is 558 g/mol. The first-order valence-electron chi connectivity index (χ1n) is 7.34. The predicted molar refractivity (Wildman–Crippen MR) is 78.4 cm³/mol. The van der Waals surface area contributed by atoms with Crippen LogP contribution in [0, 0.1) is 0 Å². The zero-order chi connectivity index (χ0) is 21.1. The van der Waals surface area contributed by atoms with E-state index < -0.39 is 67.9 Å². The summed E-state index contributed by atoms with van der Waals surface area (Å²) >= 11 is 0. The average molecular weight is 583 g/mol. The number of carbonyl (C=O) groups excluding carboxylic acids is 2. The van der Waals surface area contributed by atoms with Gasteiger partial charge in [-0.1, -0.05) is 0 Å². The molecule has 1 aliphatic rings. The first-order valence-corrected chi connectivity index (χ1v) is 7.34. The molecule has 1 heterocycles. The Kier molecular flexibility index (Phi) is 17.4. The van der Waals surface area contributed by atoms with E-state index >= 15 is 0 Å². The van der Waals surface area contributed by atoms with E-state index in [9.17, 15) is 39.5 Å². The molecule has 1 aliphatic heterocycles. The number of hydrogen-bond acceptors (Lipinski definition) is 12. The van der Waals surface area contributed by atoms with Crippen molar-refractivity contribution in [3.8, 4) is 0 Å². The van der Waals surface area contributed by atoms with Crippen LogP contribution in [0.25, 0.3) is 0 Å². The number of hydrogen-bond donors (Lipinski definition) is 6. The molecule has 0 spiro atoms. The minimum atomic E-state index is -3.80. The third kappa shape index (κ3) is 8.42. The SMILES string of the molecule is CN.CN.O=C([O-])C(F)(CCOC1O[C@H](CO)[C@@H](O)[C@H](O)[C@H]1O)C(=O)[O-].[Pt+2]. The Hall–Kier alpha value is -0.762. The number of nitrogens with two attached hydrogens (primary N) is 2. The molecule has 1 rings (SSSR count). The van der Waals surface area contributed by atoms with Gasteiger partial charge in [0.15, 0.2) is 12.0 Å². The second kappa shape index (κ2) is 15.2. The smallest absolute Gasteiger partial charge is 0.546 e. The van der Waals surface area contributed by atoms with Crippen molar-refractivity contribution in [2.45, 2.75) is 42.8 Å². The first kappa shape index (κ1) is 30.9. The Labute approximate surface area is 169 Å². The van der Waals surface area contributed by atoms with E-state index in [1.807, 2.05) is 0 Å². The number of halogens is 1. The maximum atomic E-state index is 13.5. The van der Waals surface area contributed by atoms with Crippen LogP contribution < -0.4 is 21.7 Å². The molecule has 0 amide bonds. The van der Waals surface area contributed by atoms with Crippen LogP contribution in [-0.4, -0.2) is 96.0 Å². The number of ether oxygens (including phenoxy) is 2. The molecule has 1 fully saturated rings. The molecule has 0 saturated carbocycles. The third-order valence-electron chi connectivity index (χ3n) is 3.22. The van der Waals surface area contributed by atoms with Crippen molar-refractivity contribution in [3.63, 3.8) is 0 Å². The quantitative estimate of drug-likeness (QED) is 0.154. The van der Waals surface area contributed by atoms with Crippen LogP contribution in [0.3, 0.4) is 0 Å². The molecule has 0 aromatic carbocycles. The molecule has 14 heteroatoms. The summed E-state index contributed by atoms with van der Waals surface area (Å²) < 4.78 is 23.2. The Bertz CT molecular complexity index is 418. The van der Waals surface area contributed by atoms with E-state index in [0.717, 1.165) is 0 Å². The molecule has 0 aromatic heterocycles. The zero-order valence-corrected chi connectivity index (χ0v) is 16.9. The Morgan fingerprint density at radius 2 is 1.52 bits per heavy atom. The first-order chi connectivity index (χ1) is 12.1. The van der Waals surface area contributed by atoms with Gasteiger partial charge in [-0.15, -0.1) is 0 Å². The summed E-state index contributed by atoms with van der Waals surface area (Å²) in [7, 11) is 3.00. The van der Waals surface area contributed by atoms with Gasteiger partial charge in [-0.2, -0.15) is 0 Å². The number of carbonyl (C=O) groups is 2. The van der Waals surface area contributed by atoms with Gasteiger partial charge in [0.1, 0.15) is 24.4 Å². The van der Waals surface area contributed by atoms with Crippen LogP contribution in [0.15, 0.2) is 0 Å². The van der Waals surface area contributed by atoms with Crippen molar-refractivity contribution in [1.29, 1.82) is 0 Å². The summed E-state index contributed by atoms with van der Waals surface area (Å²) in [6, 6.07) is 0. The van der Waals surface area contributed by atoms with Gasteiger partial charge in [-0.3, -0.25) is 0 Å². The number of carboxylic acids is 2. The second-order valence-corrected chi connectivity index (χ2v) is 4.69. The summed E-state index contributed by atoms with van der Waals surface area (Å²) in [5.41, 5.74) is 5.20. The molecule has 8 N–H and O–H groups in total. The summed E-state index contributed by atoms with van der Waals surface area (Å²) in [6.45, 7) is -1.57. The summed E-state index contributed by atoms with van der Waals surface area (Å²) in [4.78, 5) is 20.9. The van der Waals surface area contributed by atoms with E-state index in [4.69, 9.17) is 14.6 Å². The number of aliphatic hydroxyl groups is 4. The molecule has 0 aromatic rings. The molecule has 0 radical (unpaired) electrons. The van der Waals surface area contributed by atoms with Gasteiger partial charge in [0.25, 0.3) is 0 Å². The van der Waals surface area contributed by atoms with Gasteiger partial charge in [0.2, 0.25) is 0 Å². The fraction of sp³-hybridized carbons (Fsp3) is 0.846. The van der Waals surface area contributed by atoms with Crippen molar-refractivity contribution in [2.75, 3.05) is 27.3 Å². The number of aliphatic hydroxyl groups excluding tert-OH is 4. The van der Waals surface area contributed by atoms with E-state index in [-0.39, 0.29) is 21.1 Å². The van der Waals surface area contributed by atoms with E-state index in [1.165, 1.54) is 14.1 Å². The molecule has 164 valence electrons. The van der Waals surface area contributed by atoms with E-state index in [1.54, 1.807) is 0 Å². The van der Waals surface area contributed by atoms with Gasteiger partial charge in [0.05, 0.1) is 25.2 Å². The number of carboxylic acid groups (broad SMARTS) is 2. The van der Waals surface area contributed by atoms with Crippen LogP contribution in [0.1, 0.15) is 6.42 Å². The van der Waals surface area contributed by atoms with Crippen molar-refractivity contribution < 1.29 is 75.2 Å². The van der Waals surface area contributed by atoms with E-state index in [2.05, 4.69) is 11.5 Å². The van der Waals surface area contributed by atoms with Crippen LogP contribution in [0.5, 0.6) is 0 Å². The number of aliphatic carboxylic acids is 2. The monoisotopic (exact) mass is 583 g/mol. The van der Waals surface area contributed by atoms with Crippen LogP contribution in [-0.2, 0) is 40.1 Å². The van der Waals surface area contributed by atoms with Crippen LogP contribution in [0.4, 0.5) is 4.39 Å². The van der Waals surface area contributed by atoms with Crippen molar-refractivity contribution >= 4 is 11.9 Å². The molecule has 0 bridgehead atoms. The summed E-state index contributed by atoms with van der Waals surface area (Å²) in [6.07, 6.45) is -9.27. The molecule has 1 saturated heterocycles. The van der Waals surface area contributed by atoms with Gasteiger partial charge in [0, 0.05) is 6.42 Å². The summed E-state index contributed by atoms with van der Waals surface area (Å²) in [5.74, 6) is -5.05. The largest absolute Gasteiger partial charge is 2.00 e. The molecule has 5 atom stereocenters. The zero-order valence-electron chi connectivity index (χ0n) is 14.6. The Morgan fingerprint density at radius 3 is 1.89 bits per heavy atom.